The van der Waals surface area contributed by atoms with Gasteiger partial charge in [-0.15, -0.1) is 21.9 Å². The van der Waals surface area contributed by atoms with E-state index in [0.29, 0.717) is 6.55 Å². The molecule has 0 saturated carbocycles. The minimum atomic E-state index is -7.18. The van der Waals surface area contributed by atoms with Crippen molar-refractivity contribution in [1.29, 1.82) is 0 Å². The molecule has 2 nitrogen and oxygen atoms in total. The SMILES string of the molecule is CCO[Si](C)(OCC)c1c(F)c(F)c([B-](c2c(F)c(F)c(F)c(F)c2F)(c2c(F)c(F)c(F)c(F)c2F)c2c(F)c(F)c(F)c(F)c2F)c(F)c1F.c1ccc([C+](c2ccccc2)c2ccccc2)cc1. The lowest BCUT2D eigenvalue weighted by atomic mass is 9.12. The molecule has 372 valence electrons. The molecule has 71 heavy (non-hydrogen) atoms. The van der Waals surface area contributed by atoms with Crippen molar-refractivity contribution >= 4 is 41.7 Å². The summed E-state index contributed by atoms with van der Waals surface area (Å²) in [5.41, 5.74) is -10.2. The van der Waals surface area contributed by atoms with Gasteiger partial charge in [-0.3, -0.25) is 0 Å². The van der Waals surface area contributed by atoms with Crippen LogP contribution in [0.4, 0.5) is 83.4 Å². The smallest absolute Gasteiger partial charge is 0.375 e. The van der Waals surface area contributed by atoms with E-state index in [1.165, 1.54) is 22.6 Å². The Morgan fingerprint density at radius 3 is 0.732 bits per heavy atom. The van der Waals surface area contributed by atoms with Crippen LogP contribution in [0.25, 0.3) is 0 Å². The molecule has 0 heterocycles. The second-order valence-electron chi connectivity index (χ2n) is 15.1. The van der Waals surface area contributed by atoms with Crippen LogP contribution in [0.2, 0.25) is 6.55 Å². The van der Waals surface area contributed by atoms with Crippen LogP contribution in [0.3, 0.4) is 0 Å². The first-order valence-corrected chi connectivity index (χ1v) is 22.7. The summed E-state index contributed by atoms with van der Waals surface area (Å²) in [5.74, 6) is -64.3. The first-order chi connectivity index (χ1) is 33.5. The first-order valence-electron chi connectivity index (χ1n) is 20.4. The Hall–Kier alpha value is -6.72. The summed E-state index contributed by atoms with van der Waals surface area (Å²) >= 11 is 0. The molecule has 0 aliphatic rings. The van der Waals surface area contributed by atoms with Crippen LogP contribution in [-0.2, 0) is 8.85 Å². The van der Waals surface area contributed by atoms with Gasteiger partial charge in [0.2, 0.25) is 0 Å². The molecule has 0 atom stereocenters. The Labute approximate surface area is 391 Å². The molecule has 0 aromatic heterocycles. The van der Waals surface area contributed by atoms with Crippen LogP contribution in [0.15, 0.2) is 91.0 Å². The molecule has 0 spiro atoms. The second kappa shape index (κ2) is 20.9. The van der Waals surface area contributed by atoms with Gasteiger partial charge in [-0.1, -0.05) is 18.2 Å². The molecule has 0 amide bonds. The quantitative estimate of drug-likeness (QED) is 0.0303. The van der Waals surface area contributed by atoms with Crippen molar-refractivity contribution in [1.82, 2.24) is 0 Å². The van der Waals surface area contributed by atoms with Gasteiger partial charge in [0.05, 0.1) is 27.8 Å². The number of hydrogen-bond acceptors (Lipinski definition) is 2. The maximum Gasteiger partial charge on any atom is 0.375 e. The van der Waals surface area contributed by atoms with Gasteiger partial charge in [-0.2, -0.15) is 0 Å². The van der Waals surface area contributed by atoms with E-state index in [1.807, 2.05) is 0 Å². The fourth-order valence-electron chi connectivity index (χ4n) is 8.35. The van der Waals surface area contributed by atoms with E-state index in [9.17, 15) is 39.5 Å². The third kappa shape index (κ3) is 8.91. The summed E-state index contributed by atoms with van der Waals surface area (Å²) in [4.78, 5) is 0. The molecule has 0 unspecified atom stereocenters. The fraction of sp³-hybridized carbons (Fsp3) is 0.104. The second-order valence-corrected chi connectivity index (χ2v) is 18.1. The zero-order valence-corrected chi connectivity index (χ0v) is 37.1. The Balaban J connectivity index is 0.000000358. The Morgan fingerprint density at radius 1 is 0.324 bits per heavy atom. The molecular formula is C48H28BF19O2Si. The predicted molar refractivity (Wildman–Crippen MR) is 224 cm³/mol. The first kappa shape index (κ1) is 53.6. The third-order valence-corrected chi connectivity index (χ3v) is 14.3. The predicted octanol–water partition coefficient (Wildman–Crippen LogP) is 10.8. The van der Waals surface area contributed by atoms with Gasteiger partial charge in [0.15, 0.2) is 64.0 Å². The lowest BCUT2D eigenvalue weighted by Gasteiger charge is -2.45. The van der Waals surface area contributed by atoms with E-state index >= 15 is 43.9 Å². The number of halogens is 19. The van der Waals surface area contributed by atoms with Crippen molar-refractivity contribution in [2.45, 2.75) is 20.4 Å². The molecule has 23 heteroatoms. The van der Waals surface area contributed by atoms with Crippen molar-refractivity contribution in [3.8, 4) is 0 Å². The lowest BCUT2D eigenvalue weighted by Crippen LogP contribution is -2.81. The average molecular weight is 1040 g/mol. The summed E-state index contributed by atoms with van der Waals surface area (Å²) in [6, 6.07) is 31.6. The zero-order valence-electron chi connectivity index (χ0n) is 36.1. The van der Waals surface area contributed by atoms with Crippen molar-refractivity contribution in [2.24, 2.45) is 0 Å². The van der Waals surface area contributed by atoms with Crippen LogP contribution in [0.5, 0.6) is 0 Å². The number of rotatable bonds is 12. The van der Waals surface area contributed by atoms with E-state index < -0.39 is 165 Å². The topological polar surface area (TPSA) is 18.5 Å². The van der Waals surface area contributed by atoms with Gasteiger partial charge in [0.1, 0.15) is 52.7 Å². The maximum atomic E-state index is 16.5. The minimum Gasteiger partial charge on any atom is -0.391 e. The van der Waals surface area contributed by atoms with Crippen LogP contribution >= 0.6 is 0 Å². The summed E-state index contributed by atoms with van der Waals surface area (Å²) in [6.45, 7) is 1.70. The third-order valence-electron chi connectivity index (χ3n) is 11.2. The summed E-state index contributed by atoms with van der Waals surface area (Å²) in [6.07, 6.45) is -7.18. The molecule has 0 saturated heterocycles. The normalized spacial score (nSPS) is 11.7. The van der Waals surface area contributed by atoms with E-state index in [-0.39, 0.29) is 0 Å². The molecule has 7 aromatic rings. The van der Waals surface area contributed by atoms with Crippen molar-refractivity contribution in [3.63, 3.8) is 0 Å². The van der Waals surface area contributed by atoms with E-state index in [4.69, 9.17) is 8.85 Å². The highest BCUT2D eigenvalue weighted by Crippen LogP contribution is 2.32. The van der Waals surface area contributed by atoms with Crippen LogP contribution in [0, 0.1) is 116 Å². The zero-order chi connectivity index (χ0) is 52.6. The van der Waals surface area contributed by atoms with Gasteiger partial charge in [-0.05, 0) is 93.2 Å². The van der Waals surface area contributed by atoms with Crippen molar-refractivity contribution in [2.75, 3.05) is 13.2 Å². The Morgan fingerprint density at radius 2 is 0.521 bits per heavy atom. The van der Waals surface area contributed by atoms with Gasteiger partial charge in [-0.25, -0.2) is 83.4 Å². The van der Waals surface area contributed by atoms with Crippen molar-refractivity contribution < 1.29 is 92.3 Å². The molecular weight excluding hydrogens is 1010 g/mol. The van der Waals surface area contributed by atoms with E-state index in [1.54, 1.807) is 0 Å². The van der Waals surface area contributed by atoms with Gasteiger partial charge >= 0.3 is 8.56 Å². The lowest BCUT2D eigenvalue weighted by molar-refractivity contribution is 0.200. The minimum absolute atomic E-state index is 0.597. The van der Waals surface area contributed by atoms with Crippen LogP contribution < -0.4 is 27.0 Å². The summed E-state index contributed by atoms with van der Waals surface area (Å²) < 4.78 is 302. The number of benzene rings is 7. The molecule has 7 rings (SSSR count). The fourth-order valence-corrected chi connectivity index (χ4v) is 10.8. The molecule has 0 radical (unpaired) electrons. The standard InChI is InChI=1S/C29H13BF19O2Si.C19H15/c1-4-50-52(3,51-5-2)29-27(48)16(37)9(17(38)28(29)49)30(6-10(31)18(39)24(45)19(40)11(6)32,7-12(33)20(41)25(46)21(42)13(7)34)8-14(35)22(43)26(47)23(44)15(8)36;1-4-10-16(11-5-1)19(17-12-6-2-7-13-17)18-14-8-3-9-15-18/h4-5H2,1-3H3;1-15H/q-1;+1. The Bertz CT molecular complexity index is 2760. The van der Waals surface area contributed by atoms with Gasteiger partial charge in [0, 0.05) is 13.2 Å². The van der Waals surface area contributed by atoms with E-state index in [0.717, 1.165) is 13.8 Å². The van der Waals surface area contributed by atoms with E-state index in [2.05, 4.69) is 91.0 Å². The highest BCUT2D eigenvalue weighted by atomic mass is 28.4. The summed E-state index contributed by atoms with van der Waals surface area (Å²) in [5, 5.41) is -1.97. The molecule has 0 N–H and O–H groups in total. The summed E-state index contributed by atoms with van der Waals surface area (Å²) in [7, 11) is -4.92. The van der Waals surface area contributed by atoms with Gasteiger partial charge < -0.3 is 8.85 Å². The molecule has 0 fully saturated rings. The van der Waals surface area contributed by atoms with Crippen LogP contribution in [0.1, 0.15) is 30.5 Å². The molecule has 7 aromatic carbocycles. The van der Waals surface area contributed by atoms with Gasteiger partial charge in [0.25, 0.3) is 0 Å². The van der Waals surface area contributed by atoms with Crippen LogP contribution in [-0.4, -0.2) is 27.9 Å². The molecule has 0 bridgehead atoms. The highest BCUT2D eigenvalue weighted by Gasteiger charge is 2.53. The average Bonchev–Trinajstić information content (AvgIpc) is 3.36. The largest absolute Gasteiger partial charge is 0.391 e. The van der Waals surface area contributed by atoms with Crippen molar-refractivity contribution in [3.05, 3.63) is 224 Å². The number of hydrogen-bond donors (Lipinski definition) is 0. The Kier molecular flexibility index (Phi) is 15.8. The highest BCUT2D eigenvalue weighted by molar-refractivity contribution is 7.20. The maximum absolute atomic E-state index is 16.5. The molecule has 0 aliphatic carbocycles. The monoisotopic (exact) mass is 1040 g/mol. The molecule has 0 aliphatic heterocycles.